The Bertz CT molecular complexity index is 409. The van der Waals surface area contributed by atoms with Gasteiger partial charge in [-0.3, -0.25) is 4.79 Å². The van der Waals surface area contributed by atoms with Crippen LogP contribution in [0.1, 0.15) is 45.7 Å². The molecule has 1 atom stereocenters. The molecular weight excluding hydrogens is 245 g/mol. The van der Waals surface area contributed by atoms with E-state index in [0.717, 1.165) is 5.56 Å². The molecule has 0 aliphatic carbocycles. The van der Waals surface area contributed by atoms with Gasteiger partial charge in [-0.25, -0.2) is 4.39 Å². The minimum absolute atomic E-state index is 0.0723. The van der Waals surface area contributed by atoms with Crippen molar-refractivity contribution in [3.63, 3.8) is 0 Å². The van der Waals surface area contributed by atoms with Gasteiger partial charge in [0.2, 0.25) is 0 Å². The second-order valence-corrected chi connectivity index (χ2v) is 5.56. The van der Waals surface area contributed by atoms with Crippen molar-refractivity contribution < 1.29 is 13.9 Å². The van der Waals surface area contributed by atoms with Crippen LogP contribution in [-0.4, -0.2) is 18.1 Å². The number of esters is 1. The maximum Gasteiger partial charge on any atom is 0.307 e. The van der Waals surface area contributed by atoms with Crippen molar-refractivity contribution in [1.29, 1.82) is 0 Å². The van der Waals surface area contributed by atoms with Crippen molar-refractivity contribution in [2.45, 2.75) is 45.8 Å². The molecule has 0 aliphatic heterocycles. The van der Waals surface area contributed by atoms with E-state index in [1.807, 2.05) is 27.7 Å². The average Bonchev–Trinajstić information content (AvgIpc) is 2.27. The van der Waals surface area contributed by atoms with Gasteiger partial charge in [-0.05, 0) is 45.4 Å². The number of carbonyl (C=O) groups excluding carboxylic acids is 1. The minimum Gasteiger partial charge on any atom is -0.460 e. The molecule has 106 valence electrons. The van der Waals surface area contributed by atoms with Crippen LogP contribution in [0.5, 0.6) is 0 Å². The summed E-state index contributed by atoms with van der Waals surface area (Å²) in [5.41, 5.74) is 0.547. The van der Waals surface area contributed by atoms with Crippen LogP contribution in [0.4, 0.5) is 4.39 Å². The van der Waals surface area contributed by atoms with Gasteiger partial charge in [-0.2, -0.15) is 0 Å². The Morgan fingerprint density at radius 3 is 2.42 bits per heavy atom. The smallest absolute Gasteiger partial charge is 0.307 e. The highest BCUT2D eigenvalue weighted by Crippen LogP contribution is 2.13. The van der Waals surface area contributed by atoms with Crippen LogP contribution in [0.2, 0.25) is 0 Å². The van der Waals surface area contributed by atoms with Crippen molar-refractivity contribution in [3.8, 4) is 0 Å². The molecule has 1 N–H and O–H groups in total. The monoisotopic (exact) mass is 267 g/mol. The van der Waals surface area contributed by atoms with E-state index in [2.05, 4.69) is 5.32 Å². The molecule has 0 bridgehead atoms. The Kier molecular flexibility index (Phi) is 5.48. The fraction of sp³-hybridized carbons (Fsp3) is 0.533. The molecule has 1 aromatic rings. The van der Waals surface area contributed by atoms with Gasteiger partial charge in [0.25, 0.3) is 0 Å². The summed E-state index contributed by atoms with van der Waals surface area (Å²) in [5, 5.41) is 3.21. The van der Waals surface area contributed by atoms with Crippen LogP contribution in [0.25, 0.3) is 0 Å². The third-order valence-electron chi connectivity index (χ3n) is 2.57. The Labute approximate surface area is 114 Å². The van der Waals surface area contributed by atoms with E-state index in [9.17, 15) is 9.18 Å². The maximum atomic E-state index is 12.8. The van der Waals surface area contributed by atoms with E-state index in [4.69, 9.17) is 4.74 Å². The molecule has 0 radical (unpaired) electrons. The van der Waals surface area contributed by atoms with E-state index >= 15 is 0 Å². The molecule has 0 saturated carbocycles. The predicted molar refractivity (Wildman–Crippen MR) is 73.3 cm³/mol. The third-order valence-corrected chi connectivity index (χ3v) is 2.57. The first kappa shape index (κ1) is 15.6. The second-order valence-electron chi connectivity index (χ2n) is 5.56. The Balaban J connectivity index is 2.33. The summed E-state index contributed by atoms with van der Waals surface area (Å²) in [6, 6.07) is 6.41. The van der Waals surface area contributed by atoms with E-state index < -0.39 is 5.60 Å². The van der Waals surface area contributed by atoms with Crippen molar-refractivity contribution in [1.82, 2.24) is 5.32 Å². The van der Waals surface area contributed by atoms with Crippen LogP contribution >= 0.6 is 0 Å². The molecule has 0 aliphatic rings. The molecule has 0 saturated heterocycles. The fourth-order valence-corrected chi connectivity index (χ4v) is 1.65. The summed E-state index contributed by atoms with van der Waals surface area (Å²) in [4.78, 5) is 11.5. The van der Waals surface area contributed by atoms with Crippen LogP contribution in [0.3, 0.4) is 0 Å². The number of nitrogens with one attached hydrogen (secondary N) is 1. The first-order valence-electron chi connectivity index (χ1n) is 6.48. The number of hydrogen-bond acceptors (Lipinski definition) is 3. The van der Waals surface area contributed by atoms with Gasteiger partial charge in [0, 0.05) is 12.6 Å². The van der Waals surface area contributed by atoms with Gasteiger partial charge >= 0.3 is 5.97 Å². The summed E-state index contributed by atoms with van der Waals surface area (Å²) >= 11 is 0. The highest BCUT2D eigenvalue weighted by Gasteiger charge is 2.16. The number of rotatable bonds is 5. The molecule has 1 unspecified atom stereocenters. The predicted octanol–water partition coefficient (Wildman–Crippen LogP) is 3.21. The molecule has 3 nitrogen and oxygen atoms in total. The van der Waals surface area contributed by atoms with Crippen LogP contribution in [0.15, 0.2) is 24.3 Å². The normalized spacial score (nSPS) is 13.1. The lowest BCUT2D eigenvalue weighted by Gasteiger charge is -2.20. The van der Waals surface area contributed by atoms with Gasteiger partial charge in [0.15, 0.2) is 0 Å². The molecule has 0 spiro atoms. The van der Waals surface area contributed by atoms with Crippen molar-refractivity contribution in [2.75, 3.05) is 6.54 Å². The lowest BCUT2D eigenvalue weighted by Crippen LogP contribution is -2.27. The third kappa shape index (κ3) is 6.34. The summed E-state index contributed by atoms with van der Waals surface area (Å²) in [6.45, 7) is 8.05. The van der Waals surface area contributed by atoms with Gasteiger partial charge in [0.1, 0.15) is 11.4 Å². The van der Waals surface area contributed by atoms with E-state index in [-0.39, 0.29) is 17.8 Å². The van der Waals surface area contributed by atoms with E-state index in [1.165, 1.54) is 12.1 Å². The molecule has 1 rings (SSSR count). The summed E-state index contributed by atoms with van der Waals surface area (Å²) < 4.78 is 18.0. The molecule has 1 aromatic carbocycles. The van der Waals surface area contributed by atoms with Crippen LogP contribution in [0, 0.1) is 5.82 Å². The molecule has 0 heterocycles. The van der Waals surface area contributed by atoms with Crippen molar-refractivity contribution in [3.05, 3.63) is 35.6 Å². The first-order chi connectivity index (χ1) is 8.78. The molecule has 0 fully saturated rings. The molecule has 4 heteroatoms. The van der Waals surface area contributed by atoms with Gasteiger partial charge in [-0.15, -0.1) is 0 Å². The maximum absolute atomic E-state index is 12.8. The second kappa shape index (κ2) is 6.66. The van der Waals surface area contributed by atoms with E-state index in [1.54, 1.807) is 12.1 Å². The Morgan fingerprint density at radius 2 is 1.89 bits per heavy atom. The van der Waals surface area contributed by atoms with Gasteiger partial charge < -0.3 is 10.1 Å². The lowest BCUT2D eigenvalue weighted by atomic mass is 10.1. The molecule has 0 aromatic heterocycles. The topological polar surface area (TPSA) is 38.3 Å². The molecular formula is C15H22FNO2. The summed E-state index contributed by atoms with van der Waals surface area (Å²) in [5.74, 6) is -0.462. The fourth-order valence-electron chi connectivity index (χ4n) is 1.65. The van der Waals surface area contributed by atoms with Crippen molar-refractivity contribution >= 4 is 5.97 Å². The quantitative estimate of drug-likeness (QED) is 0.832. The zero-order valence-electron chi connectivity index (χ0n) is 12.0. The van der Waals surface area contributed by atoms with Gasteiger partial charge in [0.05, 0.1) is 6.42 Å². The number of benzene rings is 1. The summed E-state index contributed by atoms with van der Waals surface area (Å²) in [7, 11) is 0. The standard InChI is InChI=1S/C15H22FNO2/c1-11(12-5-7-13(16)8-6-12)17-10-9-14(18)19-15(2,3)4/h5-8,11,17H,9-10H2,1-4H3. The molecule has 19 heavy (non-hydrogen) atoms. The SMILES string of the molecule is CC(NCCC(=O)OC(C)(C)C)c1ccc(F)cc1. The zero-order chi connectivity index (χ0) is 14.5. The highest BCUT2D eigenvalue weighted by atomic mass is 19.1. The summed E-state index contributed by atoms with van der Waals surface area (Å²) in [6.07, 6.45) is 0.322. The van der Waals surface area contributed by atoms with Crippen LogP contribution in [-0.2, 0) is 9.53 Å². The minimum atomic E-state index is -0.445. The number of ether oxygens (including phenoxy) is 1. The highest BCUT2D eigenvalue weighted by molar-refractivity contribution is 5.70. The van der Waals surface area contributed by atoms with Crippen LogP contribution < -0.4 is 5.32 Å². The lowest BCUT2D eigenvalue weighted by molar-refractivity contribution is -0.154. The Hall–Kier alpha value is -1.42. The zero-order valence-corrected chi connectivity index (χ0v) is 12.0. The van der Waals surface area contributed by atoms with Crippen molar-refractivity contribution in [2.24, 2.45) is 0 Å². The van der Waals surface area contributed by atoms with Gasteiger partial charge in [-0.1, -0.05) is 12.1 Å². The number of hydrogen-bond donors (Lipinski definition) is 1. The number of carbonyl (C=O) groups is 1. The first-order valence-corrected chi connectivity index (χ1v) is 6.48. The largest absolute Gasteiger partial charge is 0.460 e. The average molecular weight is 267 g/mol. The number of halogens is 1. The molecule has 0 amide bonds. The Morgan fingerprint density at radius 1 is 1.32 bits per heavy atom. The van der Waals surface area contributed by atoms with E-state index in [0.29, 0.717) is 13.0 Å².